The van der Waals surface area contributed by atoms with Gasteiger partial charge >= 0.3 is 11.2 Å². The standard InChI is InChI=1S/C12H20N4O3/c1-8(2)5-15(6-9(3)4)11-10(16(18)19)12(17)14-7-13-11/h7-9H,5-6H2,1-4H3,(H,13,14,17). The van der Waals surface area contributed by atoms with Crippen LogP contribution >= 0.6 is 0 Å². The van der Waals surface area contributed by atoms with Gasteiger partial charge in [0.05, 0.1) is 11.3 Å². The Hall–Kier alpha value is -1.92. The molecule has 0 atom stereocenters. The lowest BCUT2D eigenvalue weighted by atomic mass is 10.1. The minimum absolute atomic E-state index is 0.149. The van der Waals surface area contributed by atoms with Crippen LogP contribution in [0.5, 0.6) is 0 Å². The summed E-state index contributed by atoms with van der Waals surface area (Å²) in [5.41, 5.74) is -1.20. The van der Waals surface area contributed by atoms with Crippen molar-refractivity contribution < 1.29 is 4.92 Å². The highest BCUT2D eigenvalue weighted by Gasteiger charge is 2.26. The Kier molecular flexibility index (Phi) is 5.02. The van der Waals surface area contributed by atoms with E-state index < -0.39 is 16.2 Å². The SMILES string of the molecule is CC(C)CN(CC(C)C)c1nc[nH]c(=O)c1[N+](=O)[O-]. The third kappa shape index (κ3) is 4.04. The van der Waals surface area contributed by atoms with Gasteiger partial charge < -0.3 is 9.88 Å². The number of H-pyrrole nitrogens is 1. The lowest BCUT2D eigenvalue weighted by Gasteiger charge is -2.26. The van der Waals surface area contributed by atoms with E-state index in [0.717, 1.165) is 0 Å². The zero-order valence-corrected chi connectivity index (χ0v) is 11.7. The fourth-order valence-electron chi connectivity index (χ4n) is 1.91. The predicted octanol–water partition coefficient (Wildman–Crippen LogP) is 1.80. The maximum absolute atomic E-state index is 11.6. The molecule has 0 saturated heterocycles. The van der Waals surface area contributed by atoms with Crippen molar-refractivity contribution in [1.82, 2.24) is 9.97 Å². The highest BCUT2D eigenvalue weighted by Crippen LogP contribution is 2.22. The van der Waals surface area contributed by atoms with Gasteiger partial charge in [0, 0.05) is 13.1 Å². The van der Waals surface area contributed by atoms with Crippen molar-refractivity contribution in [2.45, 2.75) is 27.7 Å². The number of nitro groups is 1. The Labute approximate surface area is 111 Å². The van der Waals surface area contributed by atoms with Crippen LogP contribution in [-0.4, -0.2) is 28.0 Å². The first-order valence-electron chi connectivity index (χ1n) is 6.30. The molecule has 1 N–H and O–H groups in total. The summed E-state index contributed by atoms with van der Waals surface area (Å²) in [6, 6.07) is 0. The molecular weight excluding hydrogens is 248 g/mol. The first-order chi connectivity index (χ1) is 8.82. The van der Waals surface area contributed by atoms with Crippen molar-refractivity contribution >= 4 is 11.5 Å². The molecule has 0 amide bonds. The number of nitrogens with one attached hydrogen (secondary N) is 1. The molecule has 0 radical (unpaired) electrons. The molecule has 0 aromatic carbocycles. The van der Waals surface area contributed by atoms with Gasteiger partial charge in [0.1, 0.15) is 0 Å². The fraction of sp³-hybridized carbons (Fsp3) is 0.667. The maximum atomic E-state index is 11.6. The Morgan fingerprint density at radius 2 is 1.84 bits per heavy atom. The van der Waals surface area contributed by atoms with E-state index in [2.05, 4.69) is 9.97 Å². The lowest BCUT2D eigenvalue weighted by Crippen LogP contribution is -2.34. The summed E-state index contributed by atoms with van der Waals surface area (Å²) < 4.78 is 0. The molecule has 0 aliphatic heterocycles. The summed E-state index contributed by atoms with van der Waals surface area (Å²) in [4.78, 5) is 30.0. The molecule has 7 heteroatoms. The second kappa shape index (κ2) is 6.31. The van der Waals surface area contributed by atoms with Crippen LogP contribution in [-0.2, 0) is 0 Å². The monoisotopic (exact) mass is 268 g/mol. The van der Waals surface area contributed by atoms with Crippen LogP contribution in [0, 0.1) is 22.0 Å². The van der Waals surface area contributed by atoms with Gasteiger partial charge in [0.15, 0.2) is 0 Å². The van der Waals surface area contributed by atoms with Gasteiger partial charge in [-0.1, -0.05) is 27.7 Å². The fourth-order valence-corrected chi connectivity index (χ4v) is 1.91. The molecule has 0 unspecified atom stereocenters. The number of rotatable bonds is 6. The van der Waals surface area contributed by atoms with E-state index in [1.807, 2.05) is 32.6 Å². The van der Waals surface area contributed by atoms with Gasteiger partial charge in [-0.3, -0.25) is 14.9 Å². The van der Waals surface area contributed by atoms with Crippen LogP contribution in [0.15, 0.2) is 11.1 Å². The second-order valence-corrected chi connectivity index (χ2v) is 5.35. The van der Waals surface area contributed by atoms with Crippen molar-refractivity contribution in [2.75, 3.05) is 18.0 Å². The molecule has 1 heterocycles. The van der Waals surface area contributed by atoms with Crippen LogP contribution in [0.4, 0.5) is 11.5 Å². The molecule has 19 heavy (non-hydrogen) atoms. The Morgan fingerprint density at radius 3 is 2.26 bits per heavy atom. The Morgan fingerprint density at radius 1 is 1.32 bits per heavy atom. The zero-order chi connectivity index (χ0) is 14.6. The molecule has 0 saturated carbocycles. The van der Waals surface area contributed by atoms with E-state index in [0.29, 0.717) is 24.9 Å². The minimum atomic E-state index is -0.715. The molecular formula is C12H20N4O3. The summed E-state index contributed by atoms with van der Waals surface area (Å²) in [5.74, 6) is 0.787. The average molecular weight is 268 g/mol. The Bertz CT molecular complexity index is 486. The number of hydrogen-bond donors (Lipinski definition) is 1. The topological polar surface area (TPSA) is 92.1 Å². The van der Waals surface area contributed by atoms with Crippen molar-refractivity contribution in [3.05, 3.63) is 26.8 Å². The predicted molar refractivity (Wildman–Crippen MR) is 73.4 cm³/mol. The van der Waals surface area contributed by atoms with Crippen LogP contribution in [0.3, 0.4) is 0 Å². The molecule has 1 rings (SSSR count). The van der Waals surface area contributed by atoms with Gasteiger partial charge in [-0.15, -0.1) is 0 Å². The van der Waals surface area contributed by atoms with Gasteiger partial charge in [-0.25, -0.2) is 4.98 Å². The summed E-state index contributed by atoms with van der Waals surface area (Å²) in [6.45, 7) is 9.32. The number of nitrogens with zero attached hydrogens (tertiary/aromatic N) is 3. The van der Waals surface area contributed by atoms with E-state index in [4.69, 9.17) is 0 Å². The van der Waals surface area contributed by atoms with E-state index in [1.165, 1.54) is 6.33 Å². The minimum Gasteiger partial charge on any atom is -0.350 e. The number of aromatic amines is 1. The number of anilines is 1. The summed E-state index contributed by atoms with van der Waals surface area (Å²) >= 11 is 0. The average Bonchev–Trinajstić information content (AvgIpc) is 2.25. The van der Waals surface area contributed by atoms with E-state index in [-0.39, 0.29) is 5.82 Å². The van der Waals surface area contributed by atoms with E-state index >= 15 is 0 Å². The zero-order valence-electron chi connectivity index (χ0n) is 11.7. The first kappa shape index (κ1) is 15.1. The first-order valence-corrected chi connectivity index (χ1v) is 6.30. The van der Waals surface area contributed by atoms with Crippen molar-refractivity contribution in [1.29, 1.82) is 0 Å². The van der Waals surface area contributed by atoms with Gasteiger partial charge in [0.25, 0.3) is 0 Å². The second-order valence-electron chi connectivity index (χ2n) is 5.35. The highest BCUT2D eigenvalue weighted by atomic mass is 16.6. The molecule has 0 fully saturated rings. The molecule has 0 bridgehead atoms. The third-order valence-electron chi connectivity index (χ3n) is 2.46. The molecule has 1 aromatic heterocycles. The van der Waals surface area contributed by atoms with Crippen LogP contribution in [0.25, 0.3) is 0 Å². The van der Waals surface area contributed by atoms with E-state index in [9.17, 15) is 14.9 Å². The quantitative estimate of drug-likeness (QED) is 0.627. The van der Waals surface area contributed by atoms with Crippen LogP contribution in [0.1, 0.15) is 27.7 Å². The van der Waals surface area contributed by atoms with Crippen molar-refractivity contribution in [3.63, 3.8) is 0 Å². The normalized spacial score (nSPS) is 11.1. The Balaban J connectivity index is 3.25. The summed E-state index contributed by atoms with van der Waals surface area (Å²) in [6.07, 6.45) is 1.21. The molecule has 0 aliphatic rings. The highest BCUT2D eigenvalue weighted by molar-refractivity contribution is 5.55. The molecule has 0 spiro atoms. The largest absolute Gasteiger partial charge is 0.375 e. The van der Waals surface area contributed by atoms with Gasteiger partial charge in [-0.2, -0.15) is 0 Å². The van der Waals surface area contributed by atoms with Gasteiger partial charge in [0.2, 0.25) is 5.82 Å². The van der Waals surface area contributed by atoms with Crippen LogP contribution < -0.4 is 10.5 Å². The summed E-state index contributed by atoms with van der Waals surface area (Å²) in [5, 5.41) is 11.0. The lowest BCUT2D eigenvalue weighted by molar-refractivity contribution is -0.385. The van der Waals surface area contributed by atoms with Gasteiger partial charge in [-0.05, 0) is 11.8 Å². The smallest absolute Gasteiger partial charge is 0.350 e. The maximum Gasteiger partial charge on any atom is 0.375 e. The molecule has 106 valence electrons. The van der Waals surface area contributed by atoms with Crippen molar-refractivity contribution in [3.8, 4) is 0 Å². The molecule has 7 nitrogen and oxygen atoms in total. The summed E-state index contributed by atoms with van der Waals surface area (Å²) in [7, 11) is 0. The number of aromatic nitrogens is 2. The van der Waals surface area contributed by atoms with Crippen molar-refractivity contribution in [2.24, 2.45) is 11.8 Å². The molecule has 0 aliphatic carbocycles. The molecule has 1 aromatic rings. The third-order valence-corrected chi connectivity index (χ3v) is 2.46. The number of hydrogen-bond acceptors (Lipinski definition) is 5. The van der Waals surface area contributed by atoms with Crippen LogP contribution in [0.2, 0.25) is 0 Å². The van der Waals surface area contributed by atoms with E-state index in [1.54, 1.807) is 0 Å².